The Kier molecular flexibility index (Phi) is 3.68. The SMILES string of the molecule is Cc1cc(NC(=O)c2cc(C)n(-c3ccc(Cl)cc3)n2)no1. The van der Waals surface area contributed by atoms with Gasteiger partial charge in [-0.15, -0.1) is 0 Å². The van der Waals surface area contributed by atoms with Crippen molar-refractivity contribution in [3.05, 3.63) is 58.6 Å². The third-order valence-corrected chi connectivity index (χ3v) is 3.31. The number of hydrogen-bond donors (Lipinski definition) is 1. The van der Waals surface area contributed by atoms with Crippen LogP contribution in [0.4, 0.5) is 5.82 Å². The number of benzene rings is 1. The maximum absolute atomic E-state index is 12.2. The van der Waals surface area contributed by atoms with Crippen LogP contribution in [0.2, 0.25) is 5.02 Å². The van der Waals surface area contributed by atoms with Crippen molar-refractivity contribution >= 4 is 23.3 Å². The van der Waals surface area contributed by atoms with Gasteiger partial charge in [0.1, 0.15) is 5.76 Å². The Bertz CT molecular complexity index is 820. The second kappa shape index (κ2) is 5.65. The molecule has 3 aromatic rings. The van der Waals surface area contributed by atoms with E-state index in [4.69, 9.17) is 16.1 Å². The van der Waals surface area contributed by atoms with E-state index >= 15 is 0 Å². The molecule has 0 aliphatic rings. The summed E-state index contributed by atoms with van der Waals surface area (Å²) in [5, 5.41) is 11.3. The summed E-state index contributed by atoms with van der Waals surface area (Å²) < 4.78 is 6.59. The summed E-state index contributed by atoms with van der Waals surface area (Å²) in [5.41, 5.74) is 1.97. The van der Waals surface area contributed by atoms with E-state index < -0.39 is 0 Å². The van der Waals surface area contributed by atoms with E-state index in [-0.39, 0.29) is 5.91 Å². The highest BCUT2D eigenvalue weighted by Crippen LogP contribution is 2.16. The molecule has 1 amide bonds. The van der Waals surface area contributed by atoms with Crippen LogP contribution in [0.5, 0.6) is 0 Å². The van der Waals surface area contributed by atoms with Gasteiger partial charge in [0.2, 0.25) is 0 Å². The second-order valence-corrected chi connectivity index (χ2v) is 5.27. The van der Waals surface area contributed by atoms with Crippen LogP contribution in [0.15, 0.2) is 40.9 Å². The molecule has 0 saturated carbocycles. The highest BCUT2D eigenvalue weighted by molar-refractivity contribution is 6.30. The summed E-state index contributed by atoms with van der Waals surface area (Å²) in [6.45, 7) is 3.63. The van der Waals surface area contributed by atoms with E-state index in [0.717, 1.165) is 11.4 Å². The molecule has 0 fully saturated rings. The zero-order valence-electron chi connectivity index (χ0n) is 12.0. The Labute approximate surface area is 131 Å². The van der Waals surface area contributed by atoms with Crippen molar-refractivity contribution in [1.82, 2.24) is 14.9 Å². The number of aromatic nitrogens is 3. The van der Waals surface area contributed by atoms with E-state index in [1.807, 2.05) is 19.1 Å². The van der Waals surface area contributed by atoms with Gasteiger partial charge in [0.05, 0.1) is 5.69 Å². The zero-order valence-corrected chi connectivity index (χ0v) is 12.8. The van der Waals surface area contributed by atoms with Gasteiger partial charge >= 0.3 is 0 Å². The summed E-state index contributed by atoms with van der Waals surface area (Å²) in [5.74, 6) is 0.642. The molecule has 0 unspecified atom stereocenters. The van der Waals surface area contributed by atoms with E-state index in [1.165, 1.54) is 0 Å². The van der Waals surface area contributed by atoms with Crippen molar-refractivity contribution in [1.29, 1.82) is 0 Å². The van der Waals surface area contributed by atoms with Crippen molar-refractivity contribution < 1.29 is 9.32 Å². The first kappa shape index (κ1) is 14.3. The maximum Gasteiger partial charge on any atom is 0.277 e. The first-order valence-corrected chi connectivity index (χ1v) is 6.98. The van der Waals surface area contributed by atoms with Crippen LogP contribution in [-0.2, 0) is 0 Å². The fourth-order valence-corrected chi connectivity index (χ4v) is 2.16. The minimum atomic E-state index is -0.343. The van der Waals surface area contributed by atoms with Gasteiger partial charge in [0.15, 0.2) is 11.5 Å². The quantitative estimate of drug-likeness (QED) is 0.804. The lowest BCUT2D eigenvalue weighted by Crippen LogP contribution is -2.13. The molecule has 2 heterocycles. The lowest BCUT2D eigenvalue weighted by molar-refractivity contribution is 0.102. The zero-order chi connectivity index (χ0) is 15.7. The molecule has 1 aromatic carbocycles. The van der Waals surface area contributed by atoms with Gasteiger partial charge in [0, 0.05) is 16.8 Å². The lowest BCUT2D eigenvalue weighted by Gasteiger charge is -2.03. The van der Waals surface area contributed by atoms with Gasteiger partial charge in [0.25, 0.3) is 5.91 Å². The topological polar surface area (TPSA) is 73.0 Å². The molecule has 1 N–H and O–H groups in total. The number of anilines is 1. The predicted molar refractivity (Wildman–Crippen MR) is 82.5 cm³/mol. The van der Waals surface area contributed by atoms with Crippen molar-refractivity contribution in [2.45, 2.75) is 13.8 Å². The maximum atomic E-state index is 12.2. The van der Waals surface area contributed by atoms with Crippen LogP contribution in [0.1, 0.15) is 21.9 Å². The molecule has 0 spiro atoms. The summed E-state index contributed by atoms with van der Waals surface area (Å²) in [6, 6.07) is 10.6. The third-order valence-electron chi connectivity index (χ3n) is 3.06. The van der Waals surface area contributed by atoms with Gasteiger partial charge in [-0.3, -0.25) is 4.79 Å². The molecule has 0 bridgehead atoms. The van der Waals surface area contributed by atoms with Crippen LogP contribution >= 0.6 is 11.6 Å². The van der Waals surface area contributed by atoms with Crippen molar-refractivity contribution in [3.8, 4) is 5.69 Å². The Morgan fingerprint density at radius 1 is 1.23 bits per heavy atom. The van der Waals surface area contributed by atoms with Crippen LogP contribution in [0, 0.1) is 13.8 Å². The number of carbonyl (C=O) groups excluding carboxylic acids is 1. The molecule has 2 aromatic heterocycles. The average molecular weight is 317 g/mol. The first-order valence-electron chi connectivity index (χ1n) is 6.60. The Morgan fingerprint density at radius 2 is 1.95 bits per heavy atom. The Morgan fingerprint density at radius 3 is 2.59 bits per heavy atom. The summed E-state index contributed by atoms with van der Waals surface area (Å²) in [7, 11) is 0. The molecule has 0 atom stereocenters. The number of nitrogens with zero attached hydrogens (tertiary/aromatic N) is 3. The largest absolute Gasteiger partial charge is 0.360 e. The van der Waals surface area contributed by atoms with Crippen LogP contribution in [-0.4, -0.2) is 20.8 Å². The van der Waals surface area contributed by atoms with Gasteiger partial charge in [-0.1, -0.05) is 16.8 Å². The van der Waals surface area contributed by atoms with Crippen molar-refractivity contribution in [3.63, 3.8) is 0 Å². The van der Waals surface area contributed by atoms with Gasteiger partial charge in [-0.2, -0.15) is 5.10 Å². The normalized spacial score (nSPS) is 10.7. The highest BCUT2D eigenvalue weighted by atomic mass is 35.5. The number of hydrogen-bond acceptors (Lipinski definition) is 4. The summed E-state index contributed by atoms with van der Waals surface area (Å²) in [6.07, 6.45) is 0. The minimum absolute atomic E-state index is 0.299. The molecule has 0 saturated heterocycles. The van der Waals surface area contributed by atoms with Gasteiger partial charge in [-0.25, -0.2) is 4.68 Å². The van der Waals surface area contributed by atoms with Crippen molar-refractivity contribution in [2.75, 3.05) is 5.32 Å². The highest BCUT2D eigenvalue weighted by Gasteiger charge is 2.15. The molecule has 0 aliphatic carbocycles. The number of nitrogens with one attached hydrogen (secondary N) is 1. The summed E-state index contributed by atoms with van der Waals surface area (Å²) in [4.78, 5) is 12.2. The van der Waals surface area contributed by atoms with Gasteiger partial charge < -0.3 is 9.84 Å². The van der Waals surface area contributed by atoms with Crippen molar-refractivity contribution in [2.24, 2.45) is 0 Å². The molecule has 6 nitrogen and oxygen atoms in total. The molecule has 22 heavy (non-hydrogen) atoms. The Hall–Kier alpha value is -2.60. The van der Waals surface area contributed by atoms with E-state index in [2.05, 4.69) is 15.6 Å². The summed E-state index contributed by atoms with van der Waals surface area (Å²) >= 11 is 5.88. The van der Waals surface area contributed by atoms with Crippen LogP contribution < -0.4 is 5.32 Å². The Balaban J connectivity index is 1.85. The molecule has 112 valence electrons. The minimum Gasteiger partial charge on any atom is -0.360 e. The average Bonchev–Trinajstić information content (AvgIpc) is 3.06. The number of halogens is 1. The smallest absolute Gasteiger partial charge is 0.277 e. The monoisotopic (exact) mass is 316 g/mol. The van der Waals surface area contributed by atoms with E-state index in [1.54, 1.807) is 35.9 Å². The van der Waals surface area contributed by atoms with E-state index in [0.29, 0.717) is 22.3 Å². The molecule has 3 rings (SSSR count). The number of carbonyl (C=O) groups is 1. The second-order valence-electron chi connectivity index (χ2n) is 4.84. The fraction of sp³-hybridized carbons (Fsp3) is 0.133. The van der Waals surface area contributed by atoms with Crippen LogP contribution in [0.3, 0.4) is 0 Å². The van der Waals surface area contributed by atoms with Gasteiger partial charge in [-0.05, 0) is 44.2 Å². The predicted octanol–water partition coefficient (Wildman–Crippen LogP) is 3.38. The molecular weight excluding hydrogens is 304 g/mol. The molecular formula is C15H13ClN4O2. The first-order chi connectivity index (χ1) is 10.5. The van der Waals surface area contributed by atoms with E-state index in [9.17, 15) is 4.79 Å². The number of aryl methyl sites for hydroxylation is 2. The molecule has 0 radical (unpaired) electrons. The molecule has 0 aliphatic heterocycles. The van der Waals surface area contributed by atoms with Crippen LogP contribution in [0.25, 0.3) is 5.69 Å². The number of amides is 1. The third kappa shape index (κ3) is 2.87. The standard InChI is InChI=1S/C15H13ClN4O2/c1-9-7-13(15(21)17-14-8-10(2)22-19-14)18-20(9)12-5-3-11(16)4-6-12/h3-8H,1-2H3,(H,17,19,21). The number of rotatable bonds is 3. The fourth-order valence-electron chi connectivity index (χ4n) is 2.03. The molecule has 7 heteroatoms. The lowest BCUT2D eigenvalue weighted by atomic mass is 10.3.